The lowest BCUT2D eigenvalue weighted by Crippen LogP contribution is -2.46. The number of para-hydroxylation sites is 1. The average Bonchev–Trinajstić information content (AvgIpc) is 3.48. The first kappa shape index (κ1) is 26.8. The summed E-state index contributed by atoms with van der Waals surface area (Å²) in [7, 11) is 0. The minimum absolute atomic E-state index is 0.00418. The predicted octanol–water partition coefficient (Wildman–Crippen LogP) is 4.62. The van der Waals surface area contributed by atoms with E-state index in [-0.39, 0.29) is 56.5 Å². The van der Waals surface area contributed by atoms with Crippen molar-refractivity contribution in [3.05, 3.63) is 94.0 Å². The highest BCUT2D eigenvalue weighted by atomic mass is 35.5. The Balaban J connectivity index is 1.48. The average molecular weight is 568 g/mol. The first-order valence-electron chi connectivity index (χ1n) is 12.1. The number of hydrogen-bond donors (Lipinski definition) is 4. The van der Waals surface area contributed by atoms with Crippen molar-refractivity contribution in [2.75, 3.05) is 5.32 Å². The zero-order valence-electron chi connectivity index (χ0n) is 20.9. The Labute approximate surface area is 233 Å². The van der Waals surface area contributed by atoms with E-state index in [4.69, 9.17) is 23.2 Å². The Morgan fingerprint density at radius 1 is 0.949 bits per heavy atom. The third-order valence-corrected chi connectivity index (χ3v) is 7.04. The van der Waals surface area contributed by atoms with Gasteiger partial charge in [-0.1, -0.05) is 41.4 Å². The number of hydrazine groups is 1. The molecule has 4 aromatic rings. The minimum Gasteiger partial charge on any atom is -0.345 e. The van der Waals surface area contributed by atoms with Crippen LogP contribution in [0.2, 0.25) is 10.0 Å². The van der Waals surface area contributed by atoms with Gasteiger partial charge in [0.25, 0.3) is 11.8 Å². The highest BCUT2D eigenvalue weighted by Gasteiger charge is 2.32. The third kappa shape index (κ3) is 5.50. The molecule has 3 heterocycles. The normalized spacial score (nSPS) is 18.6. The lowest BCUT2D eigenvalue weighted by atomic mass is 10.1. The molecule has 0 radical (unpaired) electrons. The molecule has 0 spiro atoms. The van der Waals surface area contributed by atoms with E-state index in [0.717, 1.165) is 0 Å². The van der Waals surface area contributed by atoms with Crippen molar-refractivity contribution in [3.8, 4) is 16.9 Å². The predicted molar refractivity (Wildman–Crippen MR) is 148 cm³/mol. The zero-order valence-corrected chi connectivity index (χ0v) is 22.4. The molecule has 0 bridgehead atoms. The largest absolute Gasteiger partial charge is 0.345 e. The highest BCUT2D eigenvalue weighted by Crippen LogP contribution is 2.33. The molecular weight excluding hydrogens is 544 g/mol. The van der Waals surface area contributed by atoms with Gasteiger partial charge in [0, 0.05) is 29.9 Å². The van der Waals surface area contributed by atoms with Crippen LogP contribution in [0.15, 0.2) is 66.9 Å². The number of rotatable bonds is 6. The van der Waals surface area contributed by atoms with Gasteiger partial charge in [-0.3, -0.25) is 25.4 Å². The van der Waals surface area contributed by atoms with Gasteiger partial charge in [-0.25, -0.2) is 9.07 Å². The lowest BCUT2D eigenvalue weighted by Gasteiger charge is -2.18. The van der Waals surface area contributed by atoms with Gasteiger partial charge in [-0.2, -0.15) is 5.10 Å². The second kappa shape index (κ2) is 11.1. The number of anilines is 1. The summed E-state index contributed by atoms with van der Waals surface area (Å²) in [4.78, 5) is 30.6. The second-order valence-corrected chi connectivity index (χ2v) is 9.94. The molecule has 2 atom stereocenters. The fraction of sp³-hybridized carbons (Fsp3) is 0.185. The van der Waals surface area contributed by atoms with Crippen molar-refractivity contribution < 1.29 is 14.0 Å². The van der Waals surface area contributed by atoms with Gasteiger partial charge in [0.2, 0.25) is 0 Å². The fourth-order valence-electron chi connectivity index (χ4n) is 4.37. The monoisotopic (exact) mass is 567 g/mol. The fourth-order valence-corrected chi connectivity index (χ4v) is 4.93. The smallest absolute Gasteiger partial charge is 0.272 e. The maximum Gasteiger partial charge on any atom is 0.272 e. The molecule has 2 unspecified atom stereocenters. The SMILES string of the molecule is CC1NNC(C)C1NC(=O)c1cc(NC(=O)c2cc(-c3ncccc3F)c(Cl)cc2Cl)n(-c2ccccc2)n1. The number of benzene rings is 2. The van der Waals surface area contributed by atoms with E-state index in [1.165, 1.54) is 41.2 Å². The molecule has 1 aliphatic heterocycles. The van der Waals surface area contributed by atoms with Gasteiger partial charge < -0.3 is 10.6 Å². The van der Waals surface area contributed by atoms with Crippen molar-refractivity contribution in [2.45, 2.75) is 32.0 Å². The summed E-state index contributed by atoms with van der Waals surface area (Å²) in [5, 5.41) is 10.4. The number of pyridine rings is 1. The molecule has 5 rings (SSSR count). The summed E-state index contributed by atoms with van der Waals surface area (Å²) in [5.41, 5.74) is 7.16. The van der Waals surface area contributed by atoms with Crippen LogP contribution in [0.1, 0.15) is 34.7 Å². The van der Waals surface area contributed by atoms with Crippen molar-refractivity contribution in [3.63, 3.8) is 0 Å². The molecule has 0 aliphatic carbocycles. The number of carbonyl (C=O) groups is 2. The van der Waals surface area contributed by atoms with Crippen LogP contribution in [0, 0.1) is 5.82 Å². The van der Waals surface area contributed by atoms with Crippen molar-refractivity contribution >= 4 is 40.8 Å². The first-order valence-corrected chi connectivity index (χ1v) is 12.9. The van der Waals surface area contributed by atoms with Gasteiger partial charge >= 0.3 is 0 Å². The highest BCUT2D eigenvalue weighted by molar-refractivity contribution is 6.38. The molecule has 1 fully saturated rings. The van der Waals surface area contributed by atoms with E-state index in [2.05, 4.69) is 31.6 Å². The second-order valence-electron chi connectivity index (χ2n) is 9.13. The van der Waals surface area contributed by atoms with Crippen LogP contribution < -0.4 is 21.5 Å². The maximum absolute atomic E-state index is 14.4. The van der Waals surface area contributed by atoms with E-state index in [9.17, 15) is 14.0 Å². The Bertz CT molecular complexity index is 1540. The van der Waals surface area contributed by atoms with Gasteiger partial charge in [-0.05, 0) is 50.2 Å². The number of amides is 2. The lowest BCUT2D eigenvalue weighted by molar-refractivity contribution is 0.0925. The molecule has 0 saturated carbocycles. The molecule has 39 heavy (non-hydrogen) atoms. The molecule has 2 aromatic carbocycles. The molecular formula is C27H24Cl2FN7O2. The summed E-state index contributed by atoms with van der Waals surface area (Å²) in [6.45, 7) is 3.91. The standard InChI is InChI=1S/C27H24Cl2FN7O2/c1-14-24(15(2)35-34-14)33-27(39)22-13-23(37(36-22)16-7-4-3-5-8-16)32-26(38)18-11-17(19(28)12-20(18)29)25-21(30)9-6-10-31-25/h3-15,24,34-35H,1-2H3,(H,32,38)(H,33,39). The Hall–Kier alpha value is -3.83. The number of halogens is 3. The van der Waals surface area contributed by atoms with Crippen LogP contribution in [0.3, 0.4) is 0 Å². The van der Waals surface area contributed by atoms with Crippen LogP contribution >= 0.6 is 23.2 Å². The van der Waals surface area contributed by atoms with E-state index in [1.807, 2.05) is 32.0 Å². The summed E-state index contributed by atoms with van der Waals surface area (Å²) >= 11 is 12.7. The van der Waals surface area contributed by atoms with E-state index >= 15 is 0 Å². The summed E-state index contributed by atoms with van der Waals surface area (Å²) in [5.74, 6) is -1.37. The van der Waals surface area contributed by atoms with E-state index in [0.29, 0.717) is 5.69 Å². The topological polar surface area (TPSA) is 113 Å². The Morgan fingerprint density at radius 3 is 2.36 bits per heavy atom. The van der Waals surface area contributed by atoms with E-state index in [1.54, 1.807) is 12.1 Å². The molecule has 12 heteroatoms. The van der Waals surface area contributed by atoms with E-state index < -0.39 is 17.6 Å². The third-order valence-electron chi connectivity index (χ3n) is 6.41. The Morgan fingerprint density at radius 2 is 1.67 bits per heavy atom. The molecule has 9 nitrogen and oxygen atoms in total. The maximum atomic E-state index is 14.4. The quantitative estimate of drug-likeness (QED) is 0.270. The number of aromatic nitrogens is 3. The van der Waals surface area contributed by atoms with Crippen LogP contribution in [-0.4, -0.2) is 44.7 Å². The molecule has 2 aromatic heterocycles. The van der Waals surface area contributed by atoms with Crippen LogP contribution in [0.5, 0.6) is 0 Å². The number of nitrogens with zero attached hydrogens (tertiary/aromatic N) is 3. The van der Waals surface area contributed by atoms with Crippen LogP contribution in [0.25, 0.3) is 16.9 Å². The molecule has 200 valence electrons. The molecule has 1 aliphatic rings. The Kier molecular flexibility index (Phi) is 7.62. The minimum atomic E-state index is -0.607. The van der Waals surface area contributed by atoms with Crippen LogP contribution in [-0.2, 0) is 0 Å². The van der Waals surface area contributed by atoms with Gasteiger partial charge in [0.1, 0.15) is 17.3 Å². The van der Waals surface area contributed by atoms with Gasteiger partial charge in [-0.15, -0.1) is 0 Å². The van der Waals surface area contributed by atoms with Gasteiger partial charge in [0.05, 0.1) is 27.3 Å². The number of carbonyl (C=O) groups excluding carboxylic acids is 2. The summed E-state index contributed by atoms with van der Waals surface area (Å²) < 4.78 is 15.9. The molecule has 2 amide bonds. The number of nitrogens with one attached hydrogen (secondary N) is 4. The first-order chi connectivity index (χ1) is 18.7. The number of hydrogen-bond acceptors (Lipinski definition) is 6. The molecule has 4 N–H and O–H groups in total. The summed E-state index contributed by atoms with van der Waals surface area (Å²) in [6, 6.07) is 15.8. The van der Waals surface area contributed by atoms with Crippen molar-refractivity contribution in [1.82, 2.24) is 30.9 Å². The van der Waals surface area contributed by atoms with Crippen molar-refractivity contribution in [1.29, 1.82) is 0 Å². The zero-order chi connectivity index (χ0) is 27.7. The summed E-state index contributed by atoms with van der Waals surface area (Å²) in [6.07, 6.45) is 1.42. The molecule has 1 saturated heterocycles. The van der Waals surface area contributed by atoms with Crippen LogP contribution in [0.4, 0.5) is 10.2 Å². The van der Waals surface area contributed by atoms with Crippen molar-refractivity contribution in [2.24, 2.45) is 0 Å². The van der Waals surface area contributed by atoms with Gasteiger partial charge in [0.15, 0.2) is 5.69 Å².